The van der Waals surface area contributed by atoms with Gasteiger partial charge in [-0.2, -0.15) is 13.2 Å². The summed E-state index contributed by atoms with van der Waals surface area (Å²) >= 11 is 11.7. The van der Waals surface area contributed by atoms with E-state index in [1.54, 1.807) is 6.07 Å². The fourth-order valence-electron chi connectivity index (χ4n) is 1.66. The van der Waals surface area contributed by atoms with Crippen molar-refractivity contribution in [1.29, 1.82) is 0 Å². The minimum absolute atomic E-state index is 0.140. The number of aromatic nitrogens is 1. The zero-order valence-electron chi connectivity index (χ0n) is 10.2. The third kappa shape index (κ3) is 3.46. The van der Waals surface area contributed by atoms with Gasteiger partial charge < -0.3 is 5.21 Å². The van der Waals surface area contributed by atoms with Gasteiger partial charge in [0.25, 0.3) is 0 Å². The molecule has 0 bridgehead atoms. The minimum atomic E-state index is -4.51. The van der Waals surface area contributed by atoms with Gasteiger partial charge in [-0.15, -0.1) is 0 Å². The Bertz CT molecular complexity index is 702. The van der Waals surface area contributed by atoms with Gasteiger partial charge in [0.2, 0.25) is 0 Å². The van der Waals surface area contributed by atoms with Gasteiger partial charge in [0, 0.05) is 22.3 Å². The number of hydrogen-bond donors (Lipinski definition) is 1. The van der Waals surface area contributed by atoms with Crippen LogP contribution in [0.3, 0.4) is 0 Å². The van der Waals surface area contributed by atoms with Crippen molar-refractivity contribution in [2.24, 2.45) is 5.16 Å². The first-order chi connectivity index (χ1) is 9.82. The molecule has 8 heteroatoms. The molecule has 0 unspecified atom stereocenters. The maximum Gasteiger partial charge on any atom is 0.417 e. The summed E-state index contributed by atoms with van der Waals surface area (Å²) in [6.07, 6.45) is -2.71. The Morgan fingerprint density at radius 1 is 1.14 bits per heavy atom. The molecule has 0 fully saturated rings. The second-order valence-corrected chi connectivity index (χ2v) is 4.85. The first-order valence-corrected chi connectivity index (χ1v) is 6.28. The molecule has 0 spiro atoms. The van der Waals surface area contributed by atoms with E-state index in [0.29, 0.717) is 22.3 Å². The SMILES string of the molecule is O/N=C\c1cc(-c2ncc(C(F)(F)F)cc2Cl)ccc1Cl. The van der Waals surface area contributed by atoms with Crippen molar-refractivity contribution in [2.75, 3.05) is 0 Å². The van der Waals surface area contributed by atoms with Gasteiger partial charge in [0.15, 0.2) is 0 Å². The first-order valence-electron chi connectivity index (χ1n) is 5.53. The quantitative estimate of drug-likeness (QED) is 0.483. The highest BCUT2D eigenvalue weighted by Crippen LogP contribution is 2.34. The van der Waals surface area contributed by atoms with E-state index in [-0.39, 0.29) is 10.7 Å². The lowest BCUT2D eigenvalue weighted by Crippen LogP contribution is -2.05. The Balaban J connectivity index is 2.50. The Kier molecular flexibility index (Phi) is 4.39. The van der Waals surface area contributed by atoms with E-state index in [4.69, 9.17) is 28.4 Å². The molecular weight excluding hydrogens is 328 g/mol. The topological polar surface area (TPSA) is 45.5 Å². The minimum Gasteiger partial charge on any atom is -0.411 e. The molecule has 0 saturated heterocycles. The van der Waals surface area contributed by atoms with Gasteiger partial charge >= 0.3 is 6.18 Å². The number of halogens is 5. The van der Waals surface area contributed by atoms with E-state index in [2.05, 4.69) is 10.1 Å². The lowest BCUT2D eigenvalue weighted by molar-refractivity contribution is -0.137. The van der Waals surface area contributed by atoms with Crippen LogP contribution in [-0.4, -0.2) is 16.4 Å². The molecule has 1 aromatic carbocycles. The Morgan fingerprint density at radius 2 is 1.86 bits per heavy atom. The smallest absolute Gasteiger partial charge is 0.411 e. The molecular formula is C13H7Cl2F3N2O. The summed E-state index contributed by atoms with van der Waals surface area (Å²) in [7, 11) is 0. The number of pyridine rings is 1. The second kappa shape index (κ2) is 5.91. The summed E-state index contributed by atoms with van der Waals surface area (Å²) in [4.78, 5) is 3.74. The Labute approximate surface area is 127 Å². The van der Waals surface area contributed by atoms with Crippen LogP contribution >= 0.6 is 23.2 Å². The van der Waals surface area contributed by atoms with Crippen LogP contribution in [0.25, 0.3) is 11.3 Å². The van der Waals surface area contributed by atoms with Crippen LogP contribution in [0.1, 0.15) is 11.1 Å². The fraction of sp³-hybridized carbons (Fsp3) is 0.0769. The monoisotopic (exact) mass is 334 g/mol. The molecule has 110 valence electrons. The van der Waals surface area contributed by atoms with Crippen molar-refractivity contribution >= 4 is 29.4 Å². The van der Waals surface area contributed by atoms with Crippen LogP contribution < -0.4 is 0 Å². The molecule has 2 aromatic rings. The van der Waals surface area contributed by atoms with Crippen LogP contribution in [0.15, 0.2) is 35.6 Å². The zero-order chi connectivity index (χ0) is 15.6. The first kappa shape index (κ1) is 15.6. The maximum absolute atomic E-state index is 12.6. The molecule has 2 rings (SSSR count). The number of oxime groups is 1. The molecule has 21 heavy (non-hydrogen) atoms. The molecule has 3 nitrogen and oxygen atoms in total. The molecule has 1 N–H and O–H groups in total. The van der Waals surface area contributed by atoms with Crippen LogP contribution in [-0.2, 0) is 6.18 Å². The lowest BCUT2D eigenvalue weighted by atomic mass is 10.1. The molecule has 0 radical (unpaired) electrons. The second-order valence-electron chi connectivity index (χ2n) is 4.03. The molecule has 0 atom stereocenters. The largest absolute Gasteiger partial charge is 0.417 e. The number of nitrogens with zero attached hydrogens (tertiary/aromatic N) is 2. The summed E-state index contributed by atoms with van der Waals surface area (Å²) in [5.74, 6) is 0. The summed E-state index contributed by atoms with van der Waals surface area (Å²) in [5.41, 5.74) is 0.0822. The van der Waals surface area contributed by atoms with E-state index >= 15 is 0 Å². The average molecular weight is 335 g/mol. The van der Waals surface area contributed by atoms with Crippen LogP contribution in [0.5, 0.6) is 0 Å². The van der Waals surface area contributed by atoms with E-state index in [1.165, 1.54) is 12.1 Å². The fourth-order valence-corrected chi connectivity index (χ4v) is 2.10. The molecule has 1 heterocycles. The van der Waals surface area contributed by atoms with Crippen molar-refractivity contribution in [3.63, 3.8) is 0 Å². The van der Waals surface area contributed by atoms with Crippen LogP contribution in [0.2, 0.25) is 10.0 Å². The van der Waals surface area contributed by atoms with Crippen molar-refractivity contribution in [3.8, 4) is 11.3 Å². The Hall–Kier alpha value is -1.79. The van der Waals surface area contributed by atoms with E-state index < -0.39 is 11.7 Å². The van der Waals surface area contributed by atoms with Crippen LogP contribution in [0.4, 0.5) is 13.2 Å². The number of hydrogen-bond acceptors (Lipinski definition) is 3. The normalized spacial score (nSPS) is 12.0. The lowest BCUT2D eigenvalue weighted by Gasteiger charge is -2.10. The van der Waals surface area contributed by atoms with Gasteiger partial charge in [-0.3, -0.25) is 4.98 Å². The van der Waals surface area contributed by atoms with Crippen molar-refractivity contribution in [2.45, 2.75) is 6.18 Å². The molecule has 0 aliphatic heterocycles. The van der Waals surface area contributed by atoms with Gasteiger partial charge in [0.1, 0.15) is 0 Å². The highest BCUT2D eigenvalue weighted by molar-refractivity contribution is 6.34. The number of benzene rings is 1. The number of alkyl halides is 3. The highest BCUT2D eigenvalue weighted by atomic mass is 35.5. The maximum atomic E-state index is 12.6. The molecule has 0 saturated carbocycles. The van der Waals surface area contributed by atoms with E-state index in [0.717, 1.165) is 12.3 Å². The third-order valence-electron chi connectivity index (χ3n) is 2.63. The molecule has 0 amide bonds. The third-order valence-corrected chi connectivity index (χ3v) is 3.27. The van der Waals surface area contributed by atoms with Gasteiger partial charge in [-0.1, -0.05) is 34.4 Å². The van der Waals surface area contributed by atoms with E-state index in [9.17, 15) is 13.2 Å². The predicted molar refractivity (Wildman–Crippen MR) is 74.1 cm³/mol. The van der Waals surface area contributed by atoms with E-state index in [1.807, 2.05) is 0 Å². The highest BCUT2D eigenvalue weighted by Gasteiger charge is 2.31. The number of rotatable bonds is 2. The Morgan fingerprint density at radius 3 is 2.43 bits per heavy atom. The summed E-state index contributed by atoms with van der Waals surface area (Å²) in [5, 5.41) is 11.6. The average Bonchev–Trinajstić information content (AvgIpc) is 2.40. The van der Waals surface area contributed by atoms with Crippen LogP contribution in [0, 0.1) is 0 Å². The van der Waals surface area contributed by atoms with Gasteiger partial charge in [-0.25, -0.2) is 0 Å². The van der Waals surface area contributed by atoms with Gasteiger partial charge in [-0.05, 0) is 18.2 Å². The summed E-state index contributed by atoms with van der Waals surface area (Å²) in [6.45, 7) is 0. The van der Waals surface area contributed by atoms with Crippen molar-refractivity contribution < 1.29 is 18.4 Å². The standard InChI is InChI=1S/C13H7Cl2F3N2O/c14-10-2-1-7(3-8(10)5-20-21)12-11(15)4-9(6-19-12)13(16,17)18/h1-6,21H/b20-5-. The van der Waals surface area contributed by atoms with Crippen molar-refractivity contribution in [3.05, 3.63) is 51.6 Å². The molecule has 0 aliphatic carbocycles. The predicted octanol–water partition coefficient (Wildman–Crippen LogP) is 4.88. The molecule has 1 aromatic heterocycles. The zero-order valence-corrected chi connectivity index (χ0v) is 11.7. The molecule has 0 aliphatic rings. The summed E-state index contributed by atoms with van der Waals surface area (Å²) in [6, 6.07) is 5.37. The van der Waals surface area contributed by atoms with Crippen molar-refractivity contribution in [1.82, 2.24) is 4.98 Å². The summed E-state index contributed by atoms with van der Waals surface area (Å²) < 4.78 is 37.7. The van der Waals surface area contributed by atoms with Gasteiger partial charge in [0.05, 0.1) is 22.5 Å².